The van der Waals surface area contributed by atoms with Gasteiger partial charge in [0.15, 0.2) is 5.65 Å². The summed E-state index contributed by atoms with van der Waals surface area (Å²) in [4.78, 5) is 17.5. The van der Waals surface area contributed by atoms with Gasteiger partial charge < -0.3 is 25.0 Å². The van der Waals surface area contributed by atoms with Crippen LogP contribution in [-0.2, 0) is 6.42 Å². The molecule has 1 aromatic carbocycles. The lowest BCUT2D eigenvalue weighted by Crippen LogP contribution is -2.51. The highest BCUT2D eigenvalue weighted by Gasteiger charge is 2.47. The average Bonchev–Trinajstić information content (AvgIpc) is 3.36. The number of aliphatic hydroxyl groups is 2. The first-order valence-electron chi connectivity index (χ1n) is 11.7. The van der Waals surface area contributed by atoms with Crippen molar-refractivity contribution in [3.8, 4) is 11.5 Å². The van der Waals surface area contributed by atoms with Gasteiger partial charge in [-0.2, -0.15) is 5.10 Å². The Kier molecular flexibility index (Phi) is 5.49. The van der Waals surface area contributed by atoms with Crippen molar-refractivity contribution in [2.24, 2.45) is 0 Å². The van der Waals surface area contributed by atoms with Gasteiger partial charge in [0, 0.05) is 30.4 Å². The van der Waals surface area contributed by atoms with Crippen LogP contribution in [0.4, 0.5) is 5.69 Å². The van der Waals surface area contributed by atoms with E-state index in [1.54, 1.807) is 42.9 Å². The predicted molar refractivity (Wildman–Crippen MR) is 125 cm³/mol. The minimum atomic E-state index is -1.07. The van der Waals surface area contributed by atoms with Crippen molar-refractivity contribution in [2.45, 2.75) is 76.3 Å². The van der Waals surface area contributed by atoms with Gasteiger partial charge in [-0.25, -0.2) is 9.50 Å². The molecular formula is C25H30N4O5. The predicted octanol–water partition coefficient (Wildman–Crippen LogP) is 3.13. The molecule has 3 N–H and O–H groups in total. The molecule has 0 unspecified atom stereocenters. The van der Waals surface area contributed by atoms with E-state index in [0.29, 0.717) is 47.7 Å². The molecule has 1 amide bonds. The van der Waals surface area contributed by atoms with E-state index in [-0.39, 0.29) is 18.1 Å². The Bertz CT molecular complexity index is 1230. The summed E-state index contributed by atoms with van der Waals surface area (Å²) in [6.45, 7) is 5.33. The topological polar surface area (TPSA) is 118 Å². The zero-order valence-electron chi connectivity index (χ0n) is 19.6. The molecule has 2 aromatic heterocycles. The second kappa shape index (κ2) is 8.25. The molecule has 9 heteroatoms. The third kappa shape index (κ3) is 4.10. The van der Waals surface area contributed by atoms with Gasteiger partial charge in [0.1, 0.15) is 22.7 Å². The number of aromatic nitrogens is 3. The smallest absolute Gasteiger partial charge is 0.261 e. The molecule has 34 heavy (non-hydrogen) atoms. The first-order valence-corrected chi connectivity index (χ1v) is 11.7. The van der Waals surface area contributed by atoms with E-state index in [9.17, 15) is 15.0 Å². The summed E-state index contributed by atoms with van der Waals surface area (Å²) in [6, 6.07) is 5.40. The molecular weight excluding hydrogens is 436 g/mol. The molecule has 180 valence electrons. The molecule has 0 bridgehead atoms. The number of rotatable bonds is 5. The molecule has 5 rings (SSSR count). The molecule has 1 atom stereocenters. The molecule has 9 nitrogen and oxygen atoms in total. The van der Waals surface area contributed by atoms with Gasteiger partial charge >= 0.3 is 0 Å². The highest BCUT2D eigenvalue weighted by Crippen LogP contribution is 2.45. The average molecular weight is 467 g/mol. The lowest BCUT2D eigenvalue weighted by Gasteiger charge is -2.36. The van der Waals surface area contributed by atoms with Gasteiger partial charge in [-0.05, 0) is 58.6 Å². The molecule has 3 heterocycles. The van der Waals surface area contributed by atoms with Crippen LogP contribution in [0.1, 0.15) is 62.4 Å². The normalized spacial score (nSPS) is 24.5. The minimum Gasteiger partial charge on any atom is -0.488 e. The number of ether oxygens (including phenoxy) is 2. The number of amides is 1. The van der Waals surface area contributed by atoms with Crippen molar-refractivity contribution < 1.29 is 24.5 Å². The first kappa shape index (κ1) is 22.6. The van der Waals surface area contributed by atoms with Crippen LogP contribution in [-0.4, -0.2) is 54.1 Å². The molecule has 1 fully saturated rings. The van der Waals surface area contributed by atoms with Crippen molar-refractivity contribution in [3.63, 3.8) is 0 Å². The summed E-state index contributed by atoms with van der Waals surface area (Å²) in [6.07, 6.45) is 7.77. The molecule has 2 aliphatic rings. The lowest BCUT2D eigenvalue weighted by molar-refractivity contribution is -0.0900. The third-order valence-electron chi connectivity index (χ3n) is 7.03. The Balaban J connectivity index is 1.47. The van der Waals surface area contributed by atoms with E-state index in [1.807, 2.05) is 13.0 Å². The van der Waals surface area contributed by atoms with Crippen molar-refractivity contribution in [3.05, 3.63) is 47.9 Å². The number of anilines is 1. The van der Waals surface area contributed by atoms with Crippen LogP contribution in [0.15, 0.2) is 36.8 Å². The Hall–Kier alpha value is -3.17. The van der Waals surface area contributed by atoms with Gasteiger partial charge in [-0.15, -0.1) is 0 Å². The van der Waals surface area contributed by atoms with Gasteiger partial charge in [0.05, 0.1) is 29.7 Å². The fraction of sp³-hybridized carbons (Fsp3) is 0.480. The third-order valence-corrected chi connectivity index (χ3v) is 7.03. The first-order chi connectivity index (χ1) is 16.1. The van der Waals surface area contributed by atoms with E-state index in [0.717, 1.165) is 18.4 Å². The highest BCUT2D eigenvalue weighted by molar-refractivity contribution is 6.08. The van der Waals surface area contributed by atoms with Crippen molar-refractivity contribution in [1.29, 1.82) is 0 Å². The summed E-state index contributed by atoms with van der Waals surface area (Å²) in [5.41, 5.74) is 0.335. The number of fused-ring (bicyclic) bond motifs is 2. The maximum absolute atomic E-state index is 13.2. The lowest BCUT2D eigenvalue weighted by atomic mass is 9.84. The number of nitrogens with zero attached hydrogens (tertiary/aromatic N) is 3. The van der Waals surface area contributed by atoms with E-state index in [2.05, 4.69) is 15.4 Å². The zero-order chi connectivity index (χ0) is 24.1. The van der Waals surface area contributed by atoms with Crippen LogP contribution in [0, 0.1) is 0 Å². The van der Waals surface area contributed by atoms with Crippen molar-refractivity contribution >= 4 is 17.2 Å². The molecule has 1 aliphatic heterocycles. The van der Waals surface area contributed by atoms with Crippen LogP contribution in [0.25, 0.3) is 5.65 Å². The molecule has 0 radical (unpaired) electrons. The second-order valence-electron chi connectivity index (χ2n) is 9.97. The van der Waals surface area contributed by atoms with Gasteiger partial charge in [0.2, 0.25) is 0 Å². The van der Waals surface area contributed by atoms with E-state index in [1.165, 1.54) is 6.20 Å². The number of hydrogen-bond donors (Lipinski definition) is 3. The largest absolute Gasteiger partial charge is 0.488 e. The van der Waals surface area contributed by atoms with Gasteiger partial charge in [0.25, 0.3) is 5.91 Å². The number of carbonyl (C=O) groups is 1. The van der Waals surface area contributed by atoms with E-state index >= 15 is 0 Å². The van der Waals surface area contributed by atoms with Crippen LogP contribution >= 0.6 is 0 Å². The summed E-state index contributed by atoms with van der Waals surface area (Å²) < 4.78 is 14.1. The molecule has 3 aromatic rings. The van der Waals surface area contributed by atoms with Crippen LogP contribution in [0.2, 0.25) is 0 Å². The quantitative estimate of drug-likeness (QED) is 0.529. The zero-order valence-corrected chi connectivity index (χ0v) is 19.6. The number of carbonyl (C=O) groups excluding carboxylic acids is 1. The second-order valence-corrected chi connectivity index (χ2v) is 9.97. The van der Waals surface area contributed by atoms with Crippen LogP contribution < -0.4 is 14.8 Å². The summed E-state index contributed by atoms with van der Waals surface area (Å²) in [5.74, 6) is 0.783. The Labute approximate surface area is 197 Å². The van der Waals surface area contributed by atoms with Crippen LogP contribution in [0.3, 0.4) is 0 Å². The Morgan fingerprint density at radius 3 is 2.79 bits per heavy atom. The fourth-order valence-corrected chi connectivity index (χ4v) is 4.54. The monoisotopic (exact) mass is 466 g/mol. The number of nitrogens with one attached hydrogen (secondary N) is 1. The highest BCUT2D eigenvalue weighted by atomic mass is 16.5. The maximum Gasteiger partial charge on any atom is 0.261 e. The summed E-state index contributed by atoms with van der Waals surface area (Å²) >= 11 is 0. The standard InChI is InChI=1S/C25H30N4O5/c1-24(2,32)25(3)13-15-11-19(28-23(31)18-14-27-29-10-4-9-26-22(18)29)21(12-20(15)34-25)33-17-7-5-16(30)6-8-17/h4,9-12,14,16-17,30,32H,5-8,13H2,1-3H3,(H,28,31)/t16-,17+,25-/m0/s1. The van der Waals surface area contributed by atoms with E-state index < -0.39 is 11.2 Å². The van der Waals surface area contributed by atoms with E-state index in [4.69, 9.17) is 9.47 Å². The summed E-state index contributed by atoms with van der Waals surface area (Å²) in [5, 5.41) is 27.7. The molecule has 0 spiro atoms. The van der Waals surface area contributed by atoms with Crippen molar-refractivity contribution in [2.75, 3.05) is 5.32 Å². The van der Waals surface area contributed by atoms with Gasteiger partial charge in [-0.3, -0.25) is 4.79 Å². The molecule has 1 aliphatic carbocycles. The SMILES string of the molecule is CC(C)(O)[C@]1(C)Cc2cc(NC(=O)c3cnn4cccnc34)c(O[C@H]3CC[C@@H](O)CC3)cc2O1. The minimum absolute atomic E-state index is 0.0715. The van der Waals surface area contributed by atoms with Crippen molar-refractivity contribution in [1.82, 2.24) is 14.6 Å². The molecule has 0 saturated heterocycles. The van der Waals surface area contributed by atoms with Crippen LogP contribution in [0.5, 0.6) is 11.5 Å². The summed E-state index contributed by atoms with van der Waals surface area (Å²) in [7, 11) is 0. The number of benzene rings is 1. The number of aliphatic hydroxyl groups excluding tert-OH is 1. The Morgan fingerprint density at radius 1 is 1.29 bits per heavy atom. The number of hydrogen-bond acceptors (Lipinski definition) is 7. The molecule has 1 saturated carbocycles. The van der Waals surface area contributed by atoms with Gasteiger partial charge in [-0.1, -0.05) is 0 Å². The Morgan fingerprint density at radius 2 is 2.06 bits per heavy atom. The fourth-order valence-electron chi connectivity index (χ4n) is 4.54. The maximum atomic E-state index is 13.2.